The fourth-order valence-electron chi connectivity index (χ4n) is 2.48. The van der Waals surface area contributed by atoms with Crippen molar-refractivity contribution < 1.29 is 9.90 Å². The summed E-state index contributed by atoms with van der Waals surface area (Å²) in [5.74, 6) is 0.0423. The predicted molar refractivity (Wildman–Crippen MR) is 86.7 cm³/mol. The van der Waals surface area contributed by atoms with E-state index < -0.39 is 5.97 Å². The number of aryl methyl sites for hydroxylation is 1. The summed E-state index contributed by atoms with van der Waals surface area (Å²) in [6.07, 6.45) is 2.73. The SMILES string of the molecule is Cc1nc2ccccc2n1Cc1ccc(C=CC(=O)O)cc1. The molecule has 2 aromatic carbocycles. The first kappa shape index (κ1) is 14.1. The fraction of sp³-hybridized carbons (Fsp3) is 0.111. The van der Waals surface area contributed by atoms with Crippen molar-refractivity contribution in [3.05, 3.63) is 71.6 Å². The largest absolute Gasteiger partial charge is 0.478 e. The molecule has 4 nitrogen and oxygen atoms in total. The molecule has 3 rings (SSSR count). The molecule has 0 spiro atoms. The van der Waals surface area contributed by atoms with E-state index in [0.29, 0.717) is 0 Å². The van der Waals surface area contributed by atoms with Crippen LogP contribution in [0.4, 0.5) is 0 Å². The van der Waals surface area contributed by atoms with E-state index >= 15 is 0 Å². The van der Waals surface area contributed by atoms with E-state index in [9.17, 15) is 4.79 Å². The van der Waals surface area contributed by atoms with Crippen molar-refractivity contribution >= 4 is 23.1 Å². The normalized spacial score (nSPS) is 11.3. The highest BCUT2D eigenvalue weighted by Crippen LogP contribution is 2.17. The molecule has 0 amide bonds. The van der Waals surface area contributed by atoms with Crippen molar-refractivity contribution in [3.63, 3.8) is 0 Å². The third-order valence-electron chi connectivity index (χ3n) is 3.58. The molecule has 0 unspecified atom stereocenters. The molecule has 1 aromatic heterocycles. The molecule has 0 bridgehead atoms. The molecular weight excluding hydrogens is 276 g/mol. The van der Waals surface area contributed by atoms with Crippen molar-refractivity contribution in [3.8, 4) is 0 Å². The van der Waals surface area contributed by atoms with Gasteiger partial charge in [0.2, 0.25) is 0 Å². The first-order chi connectivity index (χ1) is 10.6. The van der Waals surface area contributed by atoms with Crippen LogP contribution in [0, 0.1) is 6.92 Å². The maximum absolute atomic E-state index is 10.5. The number of carboxylic acid groups (broad SMARTS) is 1. The summed E-state index contributed by atoms with van der Waals surface area (Å²) in [6, 6.07) is 15.9. The minimum absolute atomic E-state index is 0.745. The first-order valence-electron chi connectivity index (χ1n) is 7.05. The molecule has 0 aliphatic rings. The lowest BCUT2D eigenvalue weighted by Crippen LogP contribution is -2.01. The van der Waals surface area contributed by atoms with Crippen LogP contribution < -0.4 is 0 Å². The molecule has 0 aliphatic heterocycles. The number of aliphatic carboxylic acids is 1. The van der Waals surface area contributed by atoms with Crippen molar-refractivity contribution in [2.45, 2.75) is 13.5 Å². The van der Waals surface area contributed by atoms with E-state index in [2.05, 4.69) is 15.6 Å². The van der Waals surface area contributed by atoms with E-state index in [1.54, 1.807) is 6.08 Å². The van der Waals surface area contributed by atoms with Crippen LogP contribution in [0.1, 0.15) is 17.0 Å². The number of para-hydroxylation sites is 2. The molecule has 0 aliphatic carbocycles. The van der Waals surface area contributed by atoms with Crippen LogP contribution in [0.25, 0.3) is 17.1 Å². The lowest BCUT2D eigenvalue weighted by atomic mass is 10.1. The molecule has 3 aromatic rings. The standard InChI is InChI=1S/C18H16N2O2/c1-13-19-16-4-2-3-5-17(16)20(13)12-15-8-6-14(7-9-15)10-11-18(21)22/h2-11H,12H2,1H3,(H,21,22). The Morgan fingerprint density at radius 2 is 1.91 bits per heavy atom. The van der Waals surface area contributed by atoms with Crippen LogP contribution in [-0.2, 0) is 11.3 Å². The second-order valence-corrected chi connectivity index (χ2v) is 5.15. The number of imidazole rings is 1. The Labute approximate surface area is 128 Å². The molecule has 4 heteroatoms. The van der Waals surface area contributed by atoms with Gasteiger partial charge in [-0.25, -0.2) is 9.78 Å². The molecule has 0 saturated carbocycles. The maximum Gasteiger partial charge on any atom is 0.328 e. The summed E-state index contributed by atoms with van der Waals surface area (Å²) in [7, 11) is 0. The maximum atomic E-state index is 10.5. The molecule has 0 radical (unpaired) electrons. The molecule has 0 atom stereocenters. The summed E-state index contributed by atoms with van der Waals surface area (Å²) in [5, 5.41) is 8.63. The average molecular weight is 292 g/mol. The summed E-state index contributed by atoms with van der Waals surface area (Å²) in [5.41, 5.74) is 4.15. The van der Waals surface area contributed by atoms with Gasteiger partial charge in [-0.15, -0.1) is 0 Å². The Morgan fingerprint density at radius 3 is 2.64 bits per heavy atom. The number of carboxylic acids is 1. The van der Waals surface area contributed by atoms with Crippen molar-refractivity contribution in [2.75, 3.05) is 0 Å². The van der Waals surface area contributed by atoms with Crippen LogP contribution in [0.3, 0.4) is 0 Å². The number of rotatable bonds is 4. The molecule has 1 heterocycles. The zero-order chi connectivity index (χ0) is 15.5. The third-order valence-corrected chi connectivity index (χ3v) is 3.58. The van der Waals surface area contributed by atoms with E-state index in [4.69, 9.17) is 5.11 Å². The lowest BCUT2D eigenvalue weighted by molar-refractivity contribution is -0.131. The predicted octanol–water partition coefficient (Wildman–Crippen LogP) is 3.49. The van der Waals surface area contributed by atoms with E-state index in [1.807, 2.05) is 49.4 Å². The molecule has 22 heavy (non-hydrogen) atoms. The van der Waals surface area contributed by atoms with Gasteiger partial charge in [0.1, 0.15) is 5.82 Å². The first-order valence-corrected chi connectivity index (χ1v) is 7.05. The number of aromatic nitrogens is 2. The number of fused-ring (bicyclic) bond motifs is 1. The molecule has 110 valence electrons. The summed E-state index contributed by atoms with van der Waals surface area (Å²) in [4.78, 5) is 15.1. The molecular formula is C18H16N2O2. The minimum Gasteiger partial charge on any atom is -0.478 e. The van der Waals surface area contributed by atoms with Gasteiger partial charge in [-0.05, 0) is 36.3 Å². The Bertz CT molecular complexity index is 845. The van der Waals surface area contributed by atoms with Crippen LogP contribution in [0.2, 0.25) is 0 Å². The van der Waals surface area contributed by atoms with Crippen molar-refractivity contribution in [1.82, 2.24) is 9.55 Å². The van der Waals surface area contributed by atoms with Crippen LogP contribution >= 0.6 is 0 Å². The second kappa shape index (κ2) is 5.85. The zero-order valence-corrected chi connectivity index (χ0v) is 12.2. The van der Waals surface area contributed by atoms with Gasteiger partial charge in [-0.2, -0.15) is 0 Å². The van der Waals surface area contributed by atoms with Crippen molar-refractivity contribution in [2.24, 2.45) is 0 Å². The number of nitrogens with zero attached hydrogens (tertiary/aromatic N) is 2. The van der Waals surface area contributed by atoms with Gasteiger partial charge < -0.3 is 9.67 Å². The number of hydrogen-bond acceptors (Lipinski definition) is 2. The van der Waals surface area contributed by atoms with Crippen LogP contribution in [0.5, 0.6) is 0 Å². The summed E-state index contributed by atoms with van der Waals surface area (Å²) in [6.45, 7) is 2.75. The van der Waals surface area contributed by atoms with E-state index in [0.717, 1.165) is 40.6 Å². The monoisotopic (exact) mass is 292 g/mol. The molecule has 0 fully saturated rings. The topological polar surface area (TPSA) is 55.1 Å². The highest BCUT2D eigenvalue weighted by molar-refractivity contribution is 5.85. The van der Waals surface area contributed by atoms with Gasteiger partial charge in [-0.1, -0.05) is 36.4 Å². The van der Waals surface area contributed by atoms with Gasteiger partial charge in [0.15, 0.2) is 0 Å². The number of carbonyl (C=O) groups is 1. The van der Waals surface area contributed by atoms with Gasteiger partial charge in [0.25, 0.3) is 0 Å². The highest BCUT2D eigenvalue weighted by Gasteiger charge is 2.06. The van der Waals surface area contributed by atoms with Crippen LogP contribution in [0.15, 0.2) is 54.6 Å². The average Bonchev–Trinajstić information content (AvgIpc) is 2.83. The molecule has 1 N–H and O–H groups in total. The Balaban J connectivity index is 1.86. The smallest absolute Gasteiger partial charge is 0.328 e. The number of benzene rings is 2. The fourth-order valence-corrected chi connectivity index (χ4v) is 2.48. The second-order valence-electron chi connectivity index (χ2n) is 5.15. The highest BCUT2D eigenvalue weighted by atomic mass is 16.4. The van der Waals surface area contributed by atoms with Crippen molar-refractivity contribution in [1.29, 1.82) is 0 Å². The zero-order valence-electron chi connectivity index (χ0n) is 12.2. The van der Waals surface area contributed by atoms with Gasteiger partial charge in [0.05, 0.1) is 11.0 Å². The Morgan fingerprint density at radius 1 is 1.18 bits per heavy atom. The van der Waals surface area contributed by atoms with Gasteiger partial charge in [-0.3, -0.25) is 0 Å². The Hall–Kier alpha value is -2.88. The van der Waals surface area contributed by atoms with Gasteiger partial charge >= 0.3 is 5.97 Å². The van der Waals surface area contributed by atoms with E-state index in [-0.39, 0.29) is 0 Å². The van der Waals surface area contributed by atoms with Crippen LogP contribution in [-0.4, -0.2) is 20.6 Å². The third kappa shape index (κ3) is 2.91. The van der Waals surface area contributed by atoms with E-state index in [1.165, 1.54) is 0 Å². The minimum atomic E-state index is -0.940. The number of hydrogen-bond donors (Lipinski definition) is 1. The van der Waals surface area contributed by atoms with Gasteiger partial charge in [0, 0.05) is 12.6 Å². The summed E-state index contributed by atoms with van der Waals surface area (Å²) >= 11 is 0. The quantitative estimate of drug-likeness (QED) is 0.749. The molecule has 0 saturated heterocycles. The summed E-state index contributed by atoms with van der Waals surface area (Å²) < 4.78 is 2.18. The Kier molecular flexibility index (Phi) is 3.74. The lowest BCUT2D eigenvalue weighted by Gasteiger charge is -2.07.